The smallest absolute Gasteiger partial charge is 0.123 e. The van der Waals surface area contributed by atoms with E-state index < -0.39 is 0 Å². The molecule has 1 unspecified atom stereocenters. The first-order valence-electron chi connectivity index (χ1n) is 7.47. The average Bonchev–Trinajstić information content (AvgIpc) is 3.23. The topological polar surface area (TPSA) is 16.1 Å². The van der Waals surface area contributed by atoms with Crippen molar-refractivity contribution in [3.63, 3.8) is 0 Å². The van der Waals surface area contributed by atoms with Gasteiger partial charge in [0.2, 0.25) is 0 Å². The zero-order valence-corrected chi connectivity index (χ0v) is 14.1. The number of hydrogen-bond acceptors (Lipinski definition) is 3. The zero-order valence-electron chi connectivity index (χ0n) is 12.6. The number of aromatic nitrogens is 1. The van der Waals surface area contributed by atoms with Crippen LogP contribution in [0.15, 0.2) is 29.6 Å². The SMILES string of the molecule is CC(C1CC1)N(C)Cc1cccc(-c2nc(CCl)cs2)c1. The number of rotatable bonds is 6. The summed E-state index contributed by atoms with van der Waals surface area (Å²) < 4.78 is 0. The quantitative estimate of drug-likeness (QED) is 0.712. The van der Waals surface area contributed by atoms with E-state index in [2.05, 4.69) is 48.1 Å². The van der Waals surface area contributed by atoms with Gasteiger partial charge in [0, 0.05) is 23.5 Å². The summed E-state index contributed by atoms with van der Waals surface area (Å²) in [4.78, 5) is 7.03. The largest absolute Gasteiger partial charge is 0.299 e. The van der Waals surface area contributed by atoms with Crippen molar-refractivity contribution in [3.05, 3.63) is 40.9 Å². The number of thiazole rings is 1. The summed E-state index contributed by atoms with van der Waals surface area (Å²) in [6.07, 6.45) is 2.79. The highest BCUT2D eigenvalue weighted by molar-refractivity contribution is 7.13. The van der Waals surface area contributed by atoms with Gasteiger partial charge in [-0.15, -0.1) is 22.9 Å². The first-order valence-corrected chi connectivity index (χ1v) is 8.88. The molecule has 1 heterocycles. The summed E-state index contributed by atoms with van der Waals surface area (Å²) in [5.41, 5.74) is 3.51. The molecule has 3 rings (SSSR count). The number of hydrogen-bond donors (Lipinski definition) is 0. The maximum atomic E-state index is 5.84. The molecule has 0 saturated heterocycles. The second-order valence-corrected chi connectivity index (χ2v) is 7.10. The molecule has 1 aromatic carbocycles. The highest BCUT2D eigenvalue weighted by Crippen LogP contribution is 2.35. The molecule has 1 fully saturated rings. The monoisotopic (exact) mass is 320 g/mol. The fourth-order valence-corrected chi connectivity index (χ4v) is 3.72. The van der Waals surface area contributed by atoms with Gasteiger partial charge in [0.05, 0.1) is 11.6 Å². The van der Waals surface area contributed by atoms with Crippen molar-refractivity contribution in [1.82, 2.24) is 9.88 Å². The van der Waals surface area contributed by atoms with Crippen LogP contribution in [0.3, 0.4) is 0 Å². The Labute approximate surface area is 135 Å². The van der Waals surface area contributed by atoms with Crippen LogP contribution >= 0.6 is 22.9 Å². The van der Waals surface area contributed by atoms with Gasteiger partial charge in [-0.3, -0.25) is 4.90 Å². The predicted molar refractivity (Wildman–Crippen MR) is 90.8 cm³/mol. The number of benzene rings is 1. The maximum absolute atomic E-state index is 5.84. The Morgan fingerprint density at radius 2 is 2.24 bits per heavy atom. The number of halogens is 1. The van der Waals surface area contributed by atoms with Gasteiger partial charge in [-0.1, -0.05) is 18.2 Å². The molecule has 4 heteroatoms. The molecule has 2 nitrogen and oxygen atoms in total. The van der Waals surface area contributed by atoms with Crippen molar-refractivity contribution in [2.75, 3.05) is 7.05 Å². The minimum atomic E-state index is 0.484. The molecule has 0 bridgehead atoms. The van der Waals surface area contributed by atoms with Gasteiger partial charge in [0.1, 0.15) is 5.01 Å². The summed E-state index contributed by atoms with van der Waals surface area (Å²) in [7, 11) is 2.23. The molecule has 1 saturated carbocycles. The lowest BCUT2D eigenvalue weighted by Crippen LogP contribution is -2.30. The fraction of sp³-hybridized carbons (Fsp3) is 0.471. The Morgan fingerprint density at radius 1 is 1.43 bits per heavy atom. The van der Waals surface area contributed by atoms with Crippen molar-refractivity contribution < 1.29 is 0 Å². The normalized spacial score (nSPS) is 16.4. The number of alkyl halides is 1. The van der Waals surface area contributed by atoms with Gasteiger partial charge in [-0.05, 0) is 44.4 Å². The Hall–Kier alpha value is -0.900. The summed E-state index contributed by atoms with van der Waals surface area (Å²) in [5, 5.41) is 3.10. The third-order valence-corrected chi connectivity index (χ3v) is 5.51. The zero-order chi connectivity index (χ0) is 14.8. The molecule has 0 radical (unpaired) electrons. The molecular formula is C17H21ClN2S. The van der Waals surface area contributed by atoms with Crippen molar-refractivity contribution in [1.29, 1.82) is 0 Å². The summed E-state index contributed by atoms with van der Waals surface area (Å²) in [6.45, 7) is 3.34. The van der Waals surface area contributed by atoms with E-state index in [4.69, 9.17) is 11.6 Å². The molecule has 112 valence electrons. The Kier molecular flexibility index (Phi) is 4.63. The third kappa shape index (κ3) is 3.65. The molecule has 1 aliphatic carbocycles. The van der Waals surface area contributed by atoms with Crippen molar-refractivity contribution in [3.8, 4) is 10.6 Å². The molecular weight excluding hydrogens is 300 g/mol. The van der Waals surface area contributed by atoms with Crippen LogP contribution in [0, 0.1) is 5.92 Å². The minimum Gasteiger partial charge on any atom is -0.299 e. The van der Waals surface area contributed by atoms with Crippen molar-refractivity contribution >= 4 is 22.9 Å². The molecule has 1 aliphatic rings. The molecule has 0 amide bonds. The Bertz CT molecular complexity index is 606. The summed E-state index contributed by atoms with van der Waals surface area (Å²) >= 11 is 7.50. The predicted octanol–water partition coefficient (Wildman–Crippen LogP) is 4.78. The van der Waals surface area contributed by atoms with Gasteiger partial charge in [-0.25, -0.2) is 4.98 Å². The van der Waals surface area contributed by atoms with Crippen LogP contribution in [0.1, 0.15) is 31.0 Å². The fourth-order valence-electron chi connectivity index (χ4n) is 2.67. The lowest BCUT2D eigenvalue weighted by atomic mass is 10.1. The molecule has 0 spiro atoms. The van der Waals surface area contributed by atoms with Crippen LogP contribution in [0.5, 0.6) is 0 Å². The highest BCUT2D eigenvalue weighted by Gasteiger charge is 2.30. The first kappa shape index (κ1) is 15.0. The van der Waals surface area contributed by atoms with Crippen LogP contribution in [0.4, 0.5) is 0 Å². The van der Waals surface area contributed by atoms with Crippen molar-refractivity contribution in [2.45, 2.75) is 38.2 Å². The van der Waals surface area contributed by atoms with Crippen LogP contribution in [0.2, 0.25) is 0 Å². The Morgan fingerprint density at radius 3 is 2.90 bits per heavy atom. The lowest BCUT2D eigenvalue weighted by Gasteiger charge is -2.24. The molecule has 0 aliphatic heterocycles. The van der Waals surface area contributed by atoms with Crippen LogP contribution in [0.25, 0.3) is 10.6 Å². The van der Waals surface area contributed by atoms with Crippen LogP contribution in [-0.2, 0) is 12.4 Å². The molecule has 1 aromatic heterocycles. The van der Waals surface area contributed by atoms with Gasteiger partial charge in [0.25, 0.3) is 0 Å². The summed E-state index contributed by atoms with van der Waals surface area (Å²) in [6, 6.07) is 9.39. The second-order valence-electron chi connectivity index (χ2n) is 5.97. The third-order valence-electron chi connectivity index (χ3n) is 4.29. The second kappa shape index (κ2) is 6.47. The lowest BCUT2D eigenvalue weighted by molar-refractivity contribution is 0.226. The standard InChI is InChI=1S/C17H21ClN2S/c1-12(14-6-7-14)20(2)10-13-4-3-5-15(8-13)17-19-16(9-18)11-21-17/h3-5,8,11-12,14H,6-7,9-10H2,1-2H3. The van der Waals surface area contributed by atoms with Crippen LogP contribution in [-0.4, -0.2) is 23.0 Å². The van der Waals surface area contributed by atoms with Crippen LogP contribution < -0.4 is 0 Å². The van der Waals surface area contributed by atoms with Gasteiger partial charge < -0.3 is 0 Å². The molecule has 0 N–H and O–H groups in total. The van der Waals surface area contributed by atoms with Gasteiger partial charge >= 0.3 is 0 Å². The van der Waals surface area contributed by atoms with E-state index >= 15 is 0 Å². The number of nitrogens with zero attached hydrogens (tertiary/aromatic N) is 2. The average molecular weight is 321 g/mol. The van der Waals surface area contributed by atoms with E-state index in [9.17, 15) is 0 Å². The molecule has 1 atom stereocenters. The van der Waals surface area contributed by atoms with Gasteiger partial charge in [-0.2, -0.15) is 0 Å². The minimum absolute atomic E-state index is 0.484. The Balaban J connectivity index is 1.73. The van der Waals surface area contributed by atoms with E-state index in [1.807, 2.05) is 5.38 Å². The maximum Gasteiger partial charge on any atom is 0.123 e. The highest BCUT2D eigenvalue weighted by atomic mass is 35.5. The van der Waals surface area contributed by atoms with E-state index in [1.54, 1.807) is 11.3 Å². The van der Waals surface area contributed by atoms with E-state index in [-0.39, 0.29) is 0 Å². The summed E-state index contributed by atoms with van der Waals surface area (Å²) in [5.74, 6) is 1.39. The van der Waals surface area contributed by atoms with E-state index in [0.29, 0.717) is 11.9 Å². The van der Waals surface area contributed by atoms with Crippen molar-refractivity contribution in [2.24, 2.45) is 5.92 Å². The molecule has 2 aromatic rings. The van der Waals surface area contributed by atoms with E-state index in [1.165, 1.54) is 24.0 Å². The molecule has 21 heavy (non-hydrogen) atoms. The van der Waals surface area contributed by atoms with Gasteiger partial charge in [0.15, 0.2) is 0 Å². The first-order chi connectivity index (χ1) is 10.2. The van der Waals surface area contributed by atoms with E-state index in [0.717, 1.165) is 23.2 Å².